The van der Waals surface area contributed by atoms with E-state index in [1.165, 1.54) is 48.7 Å². The van der Waals surface area contributed by atoms with Crippen LogP contribution in [0.4, 0.5) is 23.2 Å². The highest BCUT2D eigenvalue weighted by molar-refractivity contribution is 6.10. The number of carbonyl (C=O) groups is 1. The average molecular weight is 639 g/mol. The molecule has 1 fully saturated rings. The van der Waals surface area contributed by atoms with E-state index in [1.807, 2.05) is 0 Å². The van der Waals surface area contributed by atoms with E-state index in [0.717, 1.165) is 32.3 Å². The normalized spacial score (nSPS) is 15.6. The van der Waals surface area contributed by atoms with Crippen LogP contribution >= 0.6 is 0 Å². The molecule has 10 nitrogen and oxygen atoms in total. The lowest BCUT2D eigenvalue weighted by Crippen LogP contribution is -2.36. The molecule has 242 valence electrons. The number of pyridine rings is 1. The Hall–Kier alpha value is -4.85. The number of aromatic nitrogens is 3. The number of rotatable bonds is 8. The van der Waals surface area contributed by atoms with Gasteiger partial charge in [0.05, 0.1) is 23.9 Å². The topological polar surface area (TPSA) is 123 Å². The van der Waals surface area contributed by atoms with Crippen LogP contribution in [0.2, 0.25) is 0 Å². The average Bonchev–Trinajstić information content (AvgIpc) is 3.37. The molecular formula is C32H34F4N8O2. The number of nitrogens with zero attached hydrogens (tertiary/aromatic N) is 5. The van der Waals surface area contributed by atoms with Gasteiger partial charge in [0.15, 0.2) is 0 Å². The molecule has 1 aliphatic rings. The molecule has 0 aliphatic carbocycles. The summed E-state index contributed by atoms with van der Waals surface area (Å²) in [7, 11) is 3.20. The molecule has 1 atom stereocenters. The van der Waals surface area contributed by atoms with Gasteiger partial charge < -0.3 is 19.4 Å². The molecule has 5 rings (SSSR count). The molecule has 0 spiro atoms. The molecule has 1 aliphatic heterocycles. The van der Waals surface area contributed by atoms with E-state index in [1.54, 1.807) is 23.7 Å². The number of amides is 1. The van der Waals surface area contributed by atoms with Gasteiger partial charge in [0.2, 0.25) is 0 Å². The van der Waals surface area contributed by atoms with Gasteiger partial charge in [0.25, 0.3) is 11.5 Å². The van der Waals surface area contributed by atoms with Gasteiger partial charge in [-0.2, -0.15) is 13.2 Å². The lowest BCUT2D eigenvalue weighted by atomic mass is 9.97. The van der Waals surface area contributed by atoms with Gasteiger partial charge in [0, 0.05) is 38.9 Å². The summed E-state index contributed by atoms with van der Waals surface area (Å²) in [6, 6.07) is 8.50. The number of carbonyl (C=O) groups excluding carboxylic acids is 1. The standard InChI is InChI=1S/C32H34F4N8O2/c1-19-5-4-8-43(13-19)14-20-9-25(31(46)44(15-20)16-32(34,35)36)30(45)40-26-10-21(11-27-28(26)39-18-42(27)3)23-7-6-22(33)12-24(23)29(38)41(2)17-37/h6-7,9-12,15,17-19,37-38H,4-5,8,13-14,16H2,1-3H3,(H,40,45)/t19-/m0/s1. The van der Waals surface area contributed by atoms with Crippen LogP contribution in [0.15, 0.2) is 53.7 Å². The summed E-state index contributed by atoms with van der Waals surface area (Å²) < 4.78 is 57.0. The number of imidazole rings is 1. The number of likely N-dealkylation sites (tertiary alicyclic amines) is 1. The fraction of sp³-hybridized carbons (Fsp3) is 0.344. The molecule has 0 radical (unpaired) electrons. The lowest BCUT2D eigenvalue weighted by molar-refractivity contribution is -0.141. The molecule has 0 bridgehead atoms. The van der Waals surface area contributed by atoms with Gasteiger partial charge in [0.1, 0.15) is 29.3 Å². The summed E-state index contributed by atoms with van der Waals surface area (Å²) in [4.78, 5) is 34.7. The largest absolute Gasteiger partial charge is 0.406 e. The van der Waals surface area contributed by atoms with E-state index in [0.29, 0.717) is 38.2 Å². The van der Waals surface area contributed by atoms with Crippen LogP contribution in [0.5, 0.6) is 0 Å². The Morgan fingerprint density at radius 3 is 2.65 bits per heavy atom. The second-order valence-corrected chi connectivity index (χ2v) is 11.8. The number of hydrogen-bond acceptors (Lipinski definition) is 6. The van der Waals surface area contributed by atoms with Gasteiger partial charge in [-0.1, -0.05) is 13.0 Å². The zero-order valence-corrected chi connectivity index (χ0v) is 25.6. The Morgan fingerprint density at radius 2 is 1.96 bits per heavy atom. The van der Waals surface area contributed by atoms with Crippen molar-refractivity contribution in [3.05, 3.63) is 81.8 Å². The zero-order valence-electron chi connectivity index (χ0n) is 25.6. The van der Waals surface area contributed by atoms with Crippen molar-refractivity contribution in [3.8, 4) is 11.1 Å². The molecule has 1 amide bonds. The Kier molecular flexibility index (Phi) is 9.10. The summed E-state index contributed by atoms with van der Waals surface area (Å²) in [6.45, 7) is 2.36. The van der Waals surface area contributed by atoms with Gasteiger partial charge in [-0.15, -0.1) is 0 Å². The number of hydrogen-bond donors (Lipinski definition) is 3. The Balaban J connectivity index is 1.58. The Bertz CT molecular complexity index is 1880. The van der Waals surface area contributed by atoms with Crippen molar-refractivity contribution in [2.45, 2.75) is 39.0 Å². The molecule has 14 heteroatoms. The van der Waals surface area contributed by atoms with Gasteiger partial charge in [-0.05, 0) is 72.3 Å². The van der Waals surface area contributed by atoms with E-state index < -0.39 is 35.6 Å². The number of alkyl halides is 3. The third-order valence-electron chi connectivity index (χ3n) is 8.06. The van der Waals surface area contributed by atoms with Gasteiger partial charge >= 0.3 is 6.18 Å². The highest BCUT2D eigenvalue weighted by atomic mass is 19.4. The minimum absolute atomic E-state index is 0.148. The number of benzene rings is 2. The van der Waals surface area contributed by atoms with Crippen LogP contribution in [0.1, 0.15) is 41.3 Å². The fourth-order valence-corrected chi connectivity index (χ4v) is 5.84. The van der Waals surface area contributed by atoms with Gasteiger partial charge in [-0.3, -0.25) is 25.3 Å². The van der Waals surface area contributed by atoms with E-state index in [9.17, 15) is 27.2 Å². The molecule has 2 aromatic heterocycles. The lowest BCUT2D eigenvalue weighted by Gasteiger charge is -2.31. The summed E-state index contributed by atoms with van der Waals surface area (Å²) in [5.41, 5.74) is 1.01. The maximum atomic E-state index is 14.3. The summed E-state index contributed by atoms with van der Waals surface area (Å²) in [6.07, 6.45) is 0.908. The van der Waals surface area contributed by atoms with Crippen LogP contribution in [-0.4, -0.2) is 68.3 Å². The van der Waals surface area contributed by atoms with Crippen molar-refractivity contribution in [1.29, 1.82) is 10.8 Å². The third-order valence-corrected chi connectivity index (χ3v) is 8.06. The fourth-order valence-electron chi connectivity index (χ4n) is 5.84. The number of amidine groups is 1. The van der Waals surface area contributed by atoms with E-state index in [4.69, 9.17) is 10.8 Å². The highest BCUT2D eigenvalue weighted by Crippen LogP contribution is 2.33. The first-order valence-corrected chi connectivity index (χ1v) is 14.6. The monoisotopic (exact) mass is 638 g/mol. The number of halogens is 4. The van der Waals surface area contributed by atoms with Crippen LogP contribution in [-0.2, 0) is 20.1 Å². The molecule has 3 N–H and O–H groups in total. The van der Waals surface area contributed by atoms with Crippen molar-refractivity contribution in [2.75, 3.05) is 25.5 Å². The van der Waals surface area contributed by atoms with Crippen LogP contribution in [0.3, 0.4) is 0 Å². The Labute approximate surface area is 262 Å². The first-order valence-electron chi connectivity index (χ1n) is 14.6. The number of anilines is 1. The predicted octanol–water partition coefficient (Wildman–Crippen LogP) is 5.45. The predicted molar refractivity (Wildman–Crippen MR) is 168 cm³/mol. The van der Waals surface area contributed by atoms with Crippen molar-refractivity contribution >= 4 is 34.8 Å². The summed E-state index contributed by atoms with van der Waals surface area (Å²) >= 11 is 0. The van der Waals surface area contributed by atoms with Gasteiger partial charge in [-0.25, -0.2) is 9.37 Å². The van der Waals surface area contributed by atoms with E-state index in [2.05, 4.69) is 22.1 Å². The second-order valence-electron chi connectivity index (χ2n) is 11.8. The number of piperidine rings is 1. The maximum absolute atomic E-state index is 14.3. The number of nitrogens with one attached hydrogen (secondary N) is 3. The smallest absolute Gasteiger partial charge is 0.334 e. The number of aryl methyl sites for hydroxylation is 1. The molecule has 1 saturated heterocycles. The Morgan fingerprint density at radius 1 is 1.20 bits per heavy atom. The van der Waals surface area contributed by atoms with E-state index >= 15 is 0 Å². The molecule has 3 heterocycles. The molecule has 0 unspecified atom stereocenters. The molecule has 2 aromatic carbocycles. The molecule has 0 saturated carbocycles. The minimum atomic E-state index is -4.68. The highest BCUT2D eigenvalue weighted by Gasteiger charge is 2.30. The maximum Gasteiger partial charge on any atom is 0.406 e. The first kappa shape index (κ1) is 32.5. The van der Waals surface area contributed by atoms with Crippen molar-refractivity contribution in [2.24, 2.45) is 13.0 Å². The quantitative estimate of drug-likeness (QED) is 0.135. The first-order chi connectivity index (χ1) is 21.7. The van der Waals surface area contributed by atoms with Crippen LogP contribution in [0, 0.1) is 22.6 Å². The van der Waals surface area contributed by atoms with Crippen molar-refractivity contribution < 1.29 is 22.4 Å². The number of fused-ring (bicyclic) bond motifs is 1. The summed E-state index contributed by atoms with van der Waals surface area (Å²) in [5, 5.41) is 18.7. The SMILES string of the molecule is C[C@H]1CCCN(Cc2cc(C(=O)Nc3cc(-c4ccc(F)cc4C(=N)N(C)C=N)cc4c3ncn4C)c(=O)n(CC(F)(F)F)c2)C1. The zero-order chi connectivity index (χ0) is 33.3. The van der Waals surface area contributed by atoms with Crippen molar-refractivity contribution in [1.82, 2.24) is 23.9 Å². The van der Waals surface area contributed by atoms with Crippen LogP contribution < -0.4 is 10.9 Å². The second kappa shape index (κ2) is 12.9. The summed E-state index contributed by atoms with van der Waals surface area (Å²) in [5.74, 6) is -1.23. The molecule has 46 heavy (non-hydrogen) atoms. The van der Waals surface area contributed by atoms with Crippen molar-refractivity contribution in [3.63, 3.8) is 0 Å². The minimum Gasteiger partial charge on any atom is -0.334 e. The van der Waals surface area contributed by atoms with Crippen LogP contribution in [0.25, 0.3) is 22.2 Å². The van der Waals surface area contributed by atoms with E-state index in [-0.39, 0.29) is 23.6 Å². The third kappa shape index (κ3) is 7.01. The molecule has 4 aromatic rings. The molecular weight excluding hydrogens is 604 g/mol.